The van der Waals surface area contributed by atoms with E-state index in [0.29, 0.717) is 27.6 Å². The number of hydrogen-bond acceptors (Lipinski definition) is 7. The number of halogens is 3. The van der Waals surface area contributed by atoms with Gasteiger partial charge in [-0.3, -0.25) is 14.4 Å². The monoisotopic (exact) mass is 429 g/mol. The van der Waals surface area contributed by atoms with E-state index in [1.165, 1.54) is 17.2 Å². The Balaban J connectivity index is 1.59. The number of pyridine rings is 3. The number of fused-ring (bicyclic) bond motifs is 4. The zero-order valence-corrected chi connectivity index (χ0v) is 16.0. The minimum absolute atomic E-state index is 0.00466. The van der Waals surface area contributed by atoms with Gasteiger partial charge in [-0.1, -0.05) is 0 Å². The number of nitrogens with two attached hydrogens (primary N) is 1. The van der Waals surface area contributed by atoms with Gasteiger partial charge < -0.3 is 10.5 Å². The summed E-state index contributed by atoms with van der Waals surface area (Å²) in [5.41, 5.74) is 6.31. The van der Waals surface area contributed by atoms with Gasteiger partial charge in [0.1, 0.15) is 29.5 Å². The van der Waals surface area contributed by atoms with Crippen LogP contribution in [0.15, 0.2) is 30.6 Å². The first-order chi connectivity index (χ1) is 14.7. The van der Waals surface area contributed by atoms with Gasteiger partial charge in [0.25, 0.3) is 5.91 Å². The van der Waals surface area contributed by atoms with Crippen molar-refractivity contribution >= 4 is 39.2 Å². The van der Waals surface area contributed by atoms with Crippen molar-refractivity contribution in [2.45, 2.75) is 6.18 Å². The fourth-order valence-corrected chi connectivity index (χ4v) is 3.58. The first-order valence-corrected chi connectivity index (χ1v) is 9.14. The molecule has 0 bridgehead atoms. The summed E-state index contributed by atoms with van der Waals surface area (Å²) in [5, 5.41) is 5.46. The molecule has 158 valence electrons. The second kappa shape index (κ2) is 6.52. The van der Waals surface area contributed by atoms with Gasteiger partial charge in [-0.25, -0.2) is 15.0 Å². The number of carbonyl (C=O) groups excluding carboxylic acids is 1. The predicted octanol–water partition coefficient (Wildman–Crippen LogP) is 2.55. The van der Waals surface area contributed by atoms with Crippen molar-refractivity contribution in [3.05, 3.63) is 42.0 Å². The molecular weight excluding hydrogens is 415 g/mol. The number of alkyl halides is 3. The molecule has 5 rings (SSSR count). The van der Waals surface area contributed by atoms with Crippen LogP contribution in [-0.2, 0) is 13.2 Å². The molecule has 0 radical (unpaired) electrons. The number of nitrogens with zero attached hydrogens (tertiary/aromatic N) is 6. The third-order valence-corrected chi connectivity index (χ3v) is 5.03. The van der Waals surface area contributed by atoms with Crippen molar-refractivity contribution in [2.75, 3.05) is 23.8 Å². The van der Waals surface area contributed by atoms with Crippen LogP contribution in [-0.4, -0.2) is 43.8 Å². The van der Waals surface area contributed by atoms with E-state index in [-0.39, 0.29) is 30.4 Å². The Hall–Kier alpha value is -3.96. The average molecular weight is 429 g/mol. The molecule has 0 aromatic carbocycles. The molecule has 9 nitrogen and oxygen atoms in total. The summed E-state index contributed by atoms with van der Waals surface area (Å²) in [7, 11) is 1.74. The second-order valence-electron chi connectivity index (χ2n) is 6.94. The van der Waals surface area contributed by atoms with Crippen LogP contribution in [0.3, 0.4) is 0 Å². The van der Waals surface area contributed by atoms with E-state index in [1.54, 1.807) is 24.0 Å². The van der Waals surface area contributed by atoms with Crippen LogP contribution in [0.25, 0.3) is 21.8 Å². The van der Waals surface area contributed by atoms with Crippen molar-refractivity contribution < 1.29 is 22.7 Å². The van der Waals surface area contributed by atoms with Crippen molar-refractivity contribution in [2.24, 2.45) is 7.05 Å². The molecule has 0 saturated heterocycles. The Bertz CT molecular complexity index is 1370. The van der Waals surface area contributed by atoms with Crippen molar-refractivity contribution in [3.63, 3.8) is 0 Å². The molecule has 0 saturated carbocycles. The maximum absolute atomic E-state index is 13.2. The molecule has 2 N–H and O–H groups in total. The summed E-state index contributed by atoms with van der Waals surface area (Å²) in [5.74, 6) is -0.455. The van der Waals surface area contributed by atoms with Gasteiger partial charge in [-0.15, -0.1) is 0 Å². The molecule has 1 amide bonds. The van der Waals surface area contributed by atoms with Crippen LogP contribution in [0.5, 0.6) is 5.88 Å². The highest BCUT2D eigenvalue weighted by atomic mass is 19.4. The number of amides is 1. The Kier molecular flexibility index (Phi) is 4.00. The van der Waals surface area contributed by atoms with Crippen LogP contribution in [0.4, 0.5) is 24.7 Å². The lowest BCUT2D eigenvalue weighted by atomic mass is 10.1. The minimum Gasteiger partial charge on any atom is -0.474 e. The van der Waals surface area contributed by atoms with Gasteiger partial charge in [0.05, 0.1) is 35.4 Å². The van der Waals surface area contributed by atoms with Crippen LogP contribution in [0.2, 0.25) is 0 Å². The number of rotatable bonds is 1. The molecule has 4 aromatic heterocycles. The van der Waals surface area contributed by atoms with Gasteiger partial charge >= 0.3 is 6.18 Å². The van der Waals surface area contributed by atoms with Crippen molar-refractivity contribution in [1.29, 1.82) is 0 Å². The Morgan fingerprint density at radius 2 is 2.00 bits per heavy atom. The van der Waals surface area contributed by atoms with E-state index in [9.17, 15) is 18.0 Å². The standard InChI is InChI=1S/C19H14F3N7O2/c1-28-15-9-6-11(24-8-12(9)26-16(23)10(15)7-25-28)18(30)29-4-5-31-17-13(29)2-3-14(27-17)19(20,21)22/h2-3,6-8H,4-5H2,1H3,(H2,23,26). The lowest BCUT2D eigenvalue weighted by molar-refractivity contribution is -0.141. The van der Waals surface area contributed by atoms with E-state index >= 15 is 0 Å². The number of aryl methyl sites for hydroxylation is 1. The molecule has 0 aliphatic carbocycles. The maximum Gasteiger partial charge on any atom is 0.433 e. The molecule has 0 atom stereocenters. The second-order valence-corrected chi connectivity index (χ2v) is 6.94. The Morgan fingerprint density at radius 1 is 1.19 bits per heavy atom. The molecule has 5 heterocycles. The van der Waals surface area contributed by atoms with Crippen molar-refractivity contribution in [1.82, 2.24) is 24.7 Å². The molecule has 0 spiro atoms. The third kappa shape index (κ3) is 2.98. The van der Waals surface area contributed by atoms with Gasteiger partial charge in [0.2, 0.25) is 5.88 Å². The number of carbonyl (C=O) groups is 1. The summed E-state index contributed by atoms with van der Waals surface area (Å²) >= 11 is 0. The molecule has 12 heteroatoms. The summed E-state index contributed by atoms with van der Waals surface area (Å²) in [6.45, 7) is 0.143. The quantitative estimate of drug-likeness (QED) is 0.495. The summed E-state index contributed by atoms with van der Waals surface area (Å²) < 4.78 is 45.8. The average Bonchev–Trinajstić information content (AvgIpc) is 3.14. The fraction of sp³-hybridized carbons (Fsp3) is 0.211. The molecule has 0 fully saturated rings. The fourth-order valence-electron chi connectivity index (χ4n) is 3.58. The first kappa shape index (κ1) is 19.0. The molecule has 0 unspecified atom stereocenters. The predicted molar refractivity (Wildman–Crippen MR) is 105 cm³/mol. The van der Waals surface area contributed by atoms with Gasteiger partial charge in [-0.2, -0.15) is 18.3 Å². The topological polar surface area (TPSA) is 112 Å². The summed E-state index contributed by atoms with van der Waals surface area (Å²) in [4.78, 5) is 26.5. The van der Waals surface area contributed by atoms with Crippen LogP contribution >= 0.6 is 0 Å². The van der Waals surface area contributed by atoms with Gasteiger partial charge in [-0.05, 0) is 18.2 Å². The van der Waals surface area contributed by atoms with Crippen LogP contribution in [0, 0.1) is 0 Å². The summed E-state index contributed by atoms with van der Waals surface area (Å²) in [6, 6.07) is 3.55. The minimum atomic E-state index is -4.62. The molecule has 1 aliphatic rings. The maximum atomic E-state index is 13.2. The van der Waals surface area contributed by atoms with E-state index in [1.807, 2.05) is 0 Å². The Labute approximate surface area is 172 Å². The lowest BCUT2D eigenvalue weighted by Gasteiger charge is -2.28. The normalized spacial score (nSPS) is 14.0. The van der Waals surface area contributed by atoms with Gasteiger partial charge in [0.15, 0.2) is 0 Å². The van der Waals surface area contributed by atoms with E-state index in [4.69, 9.17) is 10.5 Å². The van der Waals surface area contributed by atoms with Crippen molar-refractivity contribution in [3.8, 4) is 5.88 Å². The number of aromatic nitrogens is 5. The van der Waals surface area contributed by atoms with E-state index < -0.39 is 17.8 Å². The van der Waals surface area contributed by atoms with Crippen LogP contribution in [0.1, 0.15) is 16.2 Å². The first-order valence-electron chi connectivity index (χ1n) is 9.14. The Morgan fingerprint density at radius 3 is 2.77 bits per heavy atom. The van der Waals surface area contributed by atoms with E-state index in [0.717, 1.165) is 6.07 Å². The third-order valence-electron chi connectivity index (χ3n) is 5.03. The molecule has 4 aromatic rings. The largest absolute Gasteiger partial charge is 0.474 e. The van der Waals surface area contributed by atoms with Crippen LogP contribution < -0.4 is 15.4 Å². The SMILES string of the molecule is Cn1ncc2c(N)nc3cnc(C(=O)N4CCOc5nc(C(F)(F)F)ccc54)cc3c21. The molecule has 1 aliphatic heterocycles. The number of hydrogen-bond donors (Lipinski definition) is 1. The highest BCUT2D eigenvalue weighted by Crippen LogP contribution is 2.36. The molecule has 31 heavy (non-hydrogen) atoms. The smallest absolute Gasteiger partial charge is 0.433 e. The zero-order valence-electron chi connectivity index (χ0n) is 16.0. The van der Waals surface area contributed by atoms with E-state index in [2.05, 4.69) is 20.1 Å². The number of ether oxygens (including phenoxy) is 1. The number of nitrogen functional groups attached to an aromatic ring is 1. The highest BCUT2D eigenvalue weighted by molar-refractivity contribution is 6.12. The highest BCUT2D eigenvalue weighted by Gasteiger charge is 2.35. The lowest BCUT2D eigenvalue weighted by Crippen LogP contribution is -2.38. The zero-order chi connectivity index (χ0) is 21.9. The van der Waals surface area contributed by atoms with Gasteiger partial charge in [0, 0.05) is 12.4 Å². The molecular formula is C19H14F3N7O2. The number of anilines is 2. The summed E-state index contributed by atoms with van der Waals surface area (Å²) in [6.07, 6.45) is -1.60.